The molecule has 0 fully saturated rings. The number of benzene rings is 16. The summed E-state index contributed by atoms with van der Waals surface area (Å²) < 4.78 is 0. The predicted molar refractivity (Wildman–Crippen MR) is 616 cm³/mol. The molecule has 0 heterocycles. The Morgan fingerprint density at radius 3 is 0.552 bits per heavy atom. The lowest BCUT2D eigenvalue weighted by Gasteiger charge is -2.59. The van der Waals surface area contributed by atoms with Crippen molar-refractivity contribution in [1.29, 1.82) is 0 Å². The molecule has 16 aromatic rings. The maximum atomic E-state index is 2.68. The first-order valence-electron chi connectivity index (χ1n) is 51.9. The lowest BCUT2D eigenvalue weighted by Crippen LogP contribution is -2.51. The second-order valence-corrected chi connectivity index (χ2v) is 41.4. The average Bonchev–Trinajstić information content (AvgIpc) is 1.48. The van der Waals surface area contributed by atoms with Crippen molar-refractivity contribution in [3.63, 3.8) is 0 Å². The first-order valence-corrected chi connectivity index (χ1v) is 51.9. The molecule has 0 nitrogen and oxygen atoms in total. The van der Waals surface area contributed by atoms with Crippen molar-refractivity contribution in [3.05, 3.63) is 563 Å². The summed E-state index contributed by atoms with van der Waals surface area (Å²) in [5.74, 6) is 0.0992. The van der Waals surface area contributed by atoms with Crippen LogP contribution in [0.4, 0.5) is 0 Å². The molecular formula is C145H104. The first kappa shape index (κ1) is 85.8. The number of hydrogen-bond acceptors (Lipinski definition) is 0. The summed E-state index contributed by atoms with van der Waals surface area (Å²) in [5, 5.41) is 10.7. The van der Waals surface area contributed by atoms with E-state index in [1.807, 2.05) is 0 Å². The Morgan fingerprint density at radius 2 is 0.352 bits per heavy atom. The third kappa shape index (κ3) is 14.4. The normalized spacial score (nSPS) is 17.8. The lowest BCUT2D eigenvalue weighted by atomic mass is 9.41. The molecule has 0 N–H and O–H groups in total. The lowest BCUT2D eigenvalue weighted by molar-refractivity contribution is 0.270. The molecule has 0 saturated carbocycles. The summed E-state index contributed by atoms with van der Waals surface area (Å²) in [6.07, 6.45) is 58.6. The Kier molecular flexibility index (Phi) is 20.5. The summed E-state index contributed by atoms with van der Waals surface area (Å²) in [5.41, 5.74) is 59.4. The van der Waals surface area contributed by atoms with Crippen LogP contribution in [0, 0.1) is 44.9 Å². The van der Waals surface area contributed by atoms with Crippen LogP contribution < -0.4 is 41.7 Å². The number of aryl methyl sites for hydroxylation is 4. The Morgan fingerprint density at radius 1 is 0.179 bits per heavy atom. The summed E-state index contributed by atoms with van der Waals surface area (Å²) in [4.78, 5) is 0. The van der Waals surface area contributed by atoms with Crippen molar-refractivity contribution in [3.8, 4) is 89.0 Å². The Hall–Kier alpha value is -17.2. The quantitative estimate of drug-likeness (QED) is 0.0667. The van der Waals surface area contributed by atoms with Crippen LogP contribution in [-0.4, -0.2) is 0 Å². The van der Waals surface area contributed by atoms with Crippen molar-refractivity contribution in [1.82, 2.24) is 0 Å². The monoisotopic (exact) mass is 1840 g/mol. The molecule has 2 unspecified atom stereocenters. The van der Waals surface area contributed by atoms with Crippen LogP contribution in [-0.2, 0) is 0 Å². The van der Waals surface area contributed by atoms with Gasteiger partial charge in [-0.1, -0.05) is 496 Å². The fourth-order valence-electron chi connectivity index (χ4n) is 26.2. The zero-order chi connectivity index (χ0) is 96.2. The molecular weight excluding hydrogens is 1740 g/mol. The molecule has 0 radical (unpaired) electrons. The van der Waals surface area contributed by atoms with Gasteiger partial charge in [0.15, 0.2) is 0 Å². The molecule has 0 bridgehead atoms. The van der Waals surface area contributed by atoms with Crippen LogP contribution in [0.3, 0.4) is 0 Å². The van der Waals surface area contributed by atoms with E-state index in [0.717, 1.165) is 38.5 Å². The molecule has 0 amide bonds. The van der Waals surface area contributed by atoms with Gasteiger partial charge in [0.1, 0.15) is 0 Å². The van der Waals surface area contributed by atoms with Gasteiger partial charge in [-0.2, -0.15) is 0 Å². The predicted octanol–water partition coefficient (Wildman–Crippen LogP) is 30.6. The second-order valence-electron chi connectivity index (χ2n) is 41.4. The van der Waals surface area contributed by atoms with E-state index in [9.17, 15) is 0 Å². The fourth-order valence-corrected chi connectivity index (χ4v) is 26.2. The zero-order valence-corrected chi connectivity index (χ0v) is 81.9. The maximum Gasteiger partial charge on any atom is 0.0439 e. The maximum absolute atomic E-state index is 2.68. The zero-order valence-electron chi connectivity index (χ0n) is 81.9. The molecule has 2 atom stereocenters. The van der Waals surface area contributed by atoms with E-state index < -0.39 is 5.41 Å². The average molecular weight is 1850 g/mol. The van der Waals surface area contributed by atoms with Gasteiger partial charge in [0.25, 0.3) is 0 Å². The highest BCUT2D eigenvalue weighted by Gasteiger charge is 2.68. The van der Waals surface area contributed by atoms with E-state index in [2.05, 4.69) is 501 Å². The smallest absolute Gasteiger partial charge is 0.0439 e. The van der Waals surface area contributed by atoms with Crippen LogP contribution in [0.15, 0.2) is 432 Å². The minimum atomic E-state index is -0.447. The molecule has 16 aromatic carbocycles. The van der Waals surface area contributed by atoms with E-state index in [-0.39, 0.29) is 11.8 Å². The van der Waals surface area contributed by atoms with Crippen LogP contribution in [0.1, 0.15) is 128 Å². The largest absolute Gasteiger partial charge is 0.0759 e. The summed E-state index contributed by atoms with van der Waals surface area (Å²) in [6.45, 7) is 8.64. The molecule has 145 heavy (non-hydrogen) atoms. The van der Waals surface area contributed by atoms with Gasteiger partial charge < -0.3 is 0 Å². The molecule has 0 aromatic heterocycles. The van der Waals surface area contributed by atoms with Crippen molar-refractivity contribution in [2.45, 2.75) is 66.2 Å². The highest BCUT2D eigenvalue weighted by molar-refractivity contribution is 6.09. The van der Waals surface area contributed by atoms with Crippen LogP contribution in [0.5, 0.6) is 0 Å². The summed E-state index contributed by atoms with van der Waals surface area (Å²) in [7, 11) is 0. The van der Waals surface area contributed by atoms with E-state index in [1.165, 1.54) is 298 Å². The van der Waals surface area contributed by atoms with Gasteiger partial charge in [-0.05, 0) is 342 Å². The standard InChI is InChI=1S/C145H104/c1-89-17-49-101(50-18-89)113-73-77-117(125-13-5-9-121(113)125)105-57-33-93(34-58-105)25-29-97-41-65-109(66-42-97)137-129-81-83-131-138(110-67-43-98(44-68-110)30-26-94-35-59-106(60-36-94)118-78-74-114(122-10-6-14-126(118)122)102-51-19-90(2)20-52-102)133-85-87-135-140(112-71-47-100(48-72-112)32-28-96-39-63-108(64-40-96)120-80-76-116(124-12-8-16-128(120)124)104-55-23-92(4)24-56-104)136-88-86-134-139(132-84-82-130(137)142(132)145(141(129)131,143(133)135)144(134)136)111-69-45-99(46-70-111)31-27-95-37-61-107(62-38-95)119-79-75-115(123-11-7-15-127(119)123)103-53-21-91(3)22-54-103/h9-83,86-88,142-143H,5-8,84-85H2,1-4H3/b29-25+,30-26+,31-27+,32-28+. The number of fused-ring (bicyclic) bond motifs is 4. The molecule has 684 valence electrons. The van der Waals surface area contributed by atoms with Crippen molar-refractivity contribution in [2.24, 2.45) is 17.3 Å². The van der Waals surface area contributed by atoms with Gasteiger partial charge >= 0.3 is 0 Å². The van der Waals surface area contributed by atoms with Crippen molar-refractivity contribution < 1.29 is 0 Å². The fraction of sp³-hybridized carbons (Fsp3) is 0.0897. The Bertz CT molecular complexity index is 8820. The van der Waals surface area contributed by atoms with Gasteiger partial charge in [-0.15, -0.1) is 0 Å². The van der Waals surface area contributed by atoms with E-state index in [1.54, 1.807) is 0 Å². The summed E-state index contributed by atoms with van der Waals surface area (Å²) >= 11 is 0. The van der Waals surface area contributed by atoms with Crippen LogP contribution in [0.2, 0.25) is 0 Å². The van der Waals surface area contributed by atoms with Gasteiger partial charge in [-0.3, -0.25) is 0 Å². The van der Waals surface area contributed by atoms with Crippen LogP contribution >= 0.6 is 0 Å². The van der Waals surface area contributed by atoms with Crippen LogP contribution in [0.25, 0.3) is 209 Å². The van der Waals surface area contributed by atoms with E-state index in [4.69, 9.17) is 0 Å². The molecule has 0 aliphatic heterocycles. The van der Waals surface area contributed by atoms with Gasteiger partial charge in [0, 0.05) is 17.3 Å². The van der Waals surface area contributed by atoms with Gasteiger partial charge in [0.2, 0.25) is 0 Å². The first-order chi connectivity index (χ1) is 71.5. The van der Waals surface area contributed by atoms with Gasteiger partial charge in [-0.25, -0.2) is 0 Å². The Labute approximate surface area is 848 Å². The summed E-state index contributed by atoms with van der Waals surface area (Å²) in [6, 6.07) is 129. The minimum Gasteiger partial charge on any atom is -0.0759 e. The van der Waals surface area contributed by atoms with Gasteiger partial charge in [0.05, 0.1) is 0 Å². The SMILES string of the molecule is Cc1ccc(-c2ccc(-c3ccc(/C=C/c4ccc(C5=C6C=CC7=C6C68C9=C(C=CC9=C(c9ccc(/C=C/c%10ccc(-c%11ccc(-c%12ccc(C)cc%12)c%12c%11=CCC=%12)cc%10)cc9)C9=CCC(=C7c7ccc(/C=C/c%10ccc(-c%11ccc(-c%12ccc(C)cc%12)c%12c%11=CCC=%12)cc%10)cc7)C96)C(c6ccc(/C=C/c7ccc(-c9ccc(-c%10ccc(C)cc%10)c%10c9=CCC=%10)cc7)cc6)=C6CC=C5C68)cc4)cc3)c3c2=CCC=3)cc1. The molecule has 12 aliphatic carbocycles. The number of hydrogen-bond donors (Lipinski definition) is 0. The number of allylic oxidation sites excluding steroid dienone is 20. The third-order valence-electron chi connectivity index (χ3n) is 33.1. The second kappa shape index (κ2) is 34.6. The molecule has 0 saturated heterocycles. The molecule has 1 spiro atoms. The van der Waals surface area contributed by atoms with Crippen molar-refractivity contribution in [2.75, 3.05) is 0 Å². The Balaban J connectivity index is 0.542. The molecule has 12 aliphatic rings. The number of rotatable bonds is 20. The van der Waals surface area contributed by atoms with E-state index in [0.29, 0.717) is 0 Å². The third-order valence-corrected chi connectivity index (χ3v) is 33.1. The van der Waals surface area contributed by atoms with E-state index >= 15 is 0 Å². The highest BCUT2D eigenvalue weighted by Crippen LogP contribution is 2.79. The minimum absolute atomic E-state index is 0.0496. The topological polar surface area (TPSA) is 0 Å². The molecule has 0 heteroatoms. The highest BCUT2D eigenvalue weighted by atomic mass is 14.7. The van der Waals surface area contributed by atoms with Crippen molar-refractivity contribution >= 4 is 120 Å². The molecule has 28 rings (SSSR count).